The summed E-state index contributed by atoms with van der Waals surface area (Å²) in [6, 6.07) is 8.50. The van der Waals surface area contributed by atoms with Crippen LogP contribution in [0.4, 0.5) is 15.9 Å². The van der Waals surface area contributed by atoms with E-state index in [1.807, 2.05) is 21.4 Å². The Bertz CT molecular complexity index is 1490. The van der Waals surface area contributed by atoms with Gasteiger partial charge in [-0.25, -0.2) is 19.3 Å². The Kier molecular flexibility index (Phi) is 5.78. The number of hydrogen-bond donors (Lipinski definition) is 0. The number of fused-ring (bicyclic) bond motifs is 2. The second kappa shape index (κ2) is 9.27. The van der Waals surface area contributed by atoms with Crippen LogP contribution in [0, 0.1) is 5.82 Å². The summed E-state index contributed by atoms with van der Waals surface area (Å²) in [5, 5.41) is 0. The van der Waals surface area contributed by atoms with Gasteiger partial charge in [-0.15, -0.1) is 0 Å². The first-order valence-electron chi connectivity index (χ1n) is 12.4. The molecule has 6 rings (SSSR count). The normalized spacial score (nSPS) is 15.7. The molecule has 188 valence electrons. The van der Waals surface area contributed by atoms with E-state index in [4.69, 9.17) is 0 Å². The van der Waals surface area contributed by atoms with Crippen LogP contribution in [-0.4, -0.2) is 68.8 Å². The third-order valence-corrected chi connectivity index (χ3v) is 7.11. The highest BCUT2D eigenvalue weighted by Crippen LogP contribution is 2.29. The summed E-state index contributed by atoms with van der Waals surface area (Å²) in [7, 11) is 0. The van der Waals surface area contributed by atoms with E-state index in [9.17, 15) is 14.0 Å². The molecule has 2 amide bonds. The van der Waals surface area contributed by atoms with Gasteiger partial charge in [-0.3, -0.25) is 14.0 Å². The number of halogens is 1. The van der Waals surface area contributed by atoms with Crippen LogP contribution in [0.3, 0.4) is 0 Å². The highest BCUT2D eigenvalue weighted by molar-refractivity contribution is 6.05. The van der Waals surface area contributed by atoms with Crippen LogP contribution in [0.5, 0.6) is 0 Å². The lowest BCUT2D eigenvalue weighted by atomic mass is 10.0. The van der Waals surface area contributed by atoms with E-state index >= 15 is 0 Å². The summed E-state index contributed by atoms with van der Waals surface area (Å²) >= 11 is 0. The molecule has 37 heavy (non-hydrogen) atoms. The molecule has 0 radical (unpaired) electrons. The van der Waals surface area contributed by atoms with E-state index in [-0.39, 0.29) is 23.3 Å². The average Bonchev–Trinajstić information content (AvgIpc) is 3.35. The molecule has 5 heterocycles. The minimum atomic E-state index is -0.298. The zero-order valence-corrected chi connectivity index (χ0v) is 20.5. The van der Waals surface area contributed by atoms with Crippen LogP contribution in [0.25, 0.3) is 16.9 Å². The van der Waals surface area contributed by atoms with E-state index in [2.05, 4.69) is 19.9 Å². The van der Waals surface area contributed by atoms with Gasteiger partial charge in [0.05, 0.1) is 18.1 Å². The topological polar surface area (TPSA) is 86.9 Å². The lowest BCUT2D eigenvalue weighted by Crippen LogP contribution is -2.48. The maximum atomic E-state index is 13.7. The molecule has 9 nitrogen and oxygen atoms in total. The standard InChI is InChI=1S/C27H26FN7O2/c1-18(36)32-9-11-33(12-10-32)25-7-4-20(14-30-25)24-15-31-26-16-29-22(17-35(24)26)27(37)34-8-2-3-19-13-21(28)5-6-23(19)34/h4-7,13-17H,2-3,8-12H2,1H3. The van der Waals surface area contributed by atoms with Crippen molar-refractivity contribution in [3.8, 4) is 11.3 Å². The number of nitrogens with zero attached hydrogens (tertiary/aromatic N) is 7. The van der Waals surface area contributed by atoms with Gasteiger partial charge in [0.15, 0.2) is 5.65 Å². The molecule has 0 spiro atoms. The third-order valence-electron chi connectivity index (χ3n) is 7.11. The molecule has 0 aliphatic carbocycles. The molecule has 0 bridgehead atoms. The molecular weight excluding hydrogens is 473 g/mol. The molecule has 0 saturated carbocycles. The Labute approximate surface area is 213 Å². The van der Waals surface area contributed by atoms with E-state index < -0.39 is 0 Å². The molecule has 4 aromatic rings. The average molecular weight is 500 g/mol. The zero-order valence-electron chi connectivity index (χ0n) is 20.5. The Morgan fingerprint density at radius 1 is 0.919 bits per heavy atom. The highest BCUT2D eigenvalue weighted by atomic mass is 19.1. The van der Waals surface area contributed by atoms with Crippen molar-refractivity contribution in [1.29, 1.82) is 0 Å². The lowest BCUT2D eigenvalue weighted by Gasteiger charge is -2.34. The first kappa shape index (κ1) is 23.1. The quantitative estimate of drug-likeness (QED) is 0.430. The van der Waals surface area contributed by atoms with Gasteiger partial charge in [-0.1, -0.05) is 0 Å². The first-order chi connectivity index (χ1) is 18.0. The van der Waals surface area contributed by atoms with Gasteiger partial charge >= 0.3 is 0 Å². The van der Waals surface area contributed by atoms with Crippen LogP contribution in [0.15, 0.2) is 55.1 Å². The third kappa shape index (κ3) is 4.28. The minimum absolute atomic E-state index is 0.0984. The van der Waals surface area contributed by atoms with Crippen LogP contribution in [0.1, 0.15) is 29.4 Å². The van der Waals surface area contributed by atoms with E-state index in [0.717, 1.165) is 54.3 Å². The molecule has 0 atom stereocenters. The maximum Gasteiger partial charge on any atom is 0.278 e. The molecule has 1 aromatic carbocycles. The molecule has 0 N–H and O–H groups in total. The summed E-state index contributed by atoms with van der Waals surface area (Å²) in [5.74, 6) is 0.431. The Morgan fingerprint density at radius 2 is 1.76 bits per heavy atom. The minimum Gasteiger partial charge on any atom is -0.353 e. The highest BCUT2D eigenvalue weighted by Gasteiger charge is 2.26. The van der Waals surface area contributed by atoms with Gasteiger partial charge in [0.2, 0.25) is 5.91 Å². The summed E-state index contributed by atoms with van der Waals surface area (Å²) in [6.07, 6.45) is 8.34. The molecule has 1 saturated heterocycles. The van der Waals surface area contributed by atoms with Gasteiger partial charge in [-0.05, 0) is 48.7 Å². The molecule has 1 fully saturated rings. The van der Waals surface area contributed by atoms with Crippen molar-refractivity contribution in [2.75, 3.05) is 42.5 Å². The molecule has 2 aliphatic rings. The van der Waals surface area contributed by atoms with Crippen molar-refractivity contribution in [2.24, 2.45) is 0 Å². The molecular formula is C27H26FN7O2. The Balaban J connectivity index is 1.26. The number of imidazole rings is 1. The summed E-state index contributed by atoms with van der Waals surface area (Å²) in [5.41, 5.74) is 4.14. The number of amides is 2. The largest absolute Gasteiger partial charge is 0.353 e. The Morgan fingerprint density at radius 3 is 2.51 bits per heavy atom. The summed E-state index contributed by atoms with van der Waals surface area (Å²) in [6.45, 7) is 5.01. The number of aryl methyl sites for hydroxylation is 1. The number of piperazine rings is 1. The molecule has 0 unspecified atom stereocenters. The number of carbonyl (C=O) groups is 2. The predicted octanol–water partition coefficient (Wildman–Crippen LogP) is 3.19. The number of rotatable bonds is 3. The summed E-state index contributed by atoms with van der Waals surface area (Å²) in [4.78, 5) is 44.2. The fourth-order valence-corrected chi connectivity index (χ4v) is 5.10. The number of carbonyl (C=O) groups excluding carboxylic acids is 2. The van der Waals surface area contributed by atoms with Crippen molar-refractivity contribution in [3.05, 3.63) is 72.2 Å². The fraction of sp³-hybridized carbons (Fsp3) is 0.296. The lowest BCUT2D eigenvalue weighted by molar-refractivity contribution is -0.129. The Hall–Kier alpha value is -4.34. The number of hydrogen-bond acceptors (Lipinski definition) is 6. The van der Waals surface area contributed by atoms with Crippen molar-refractivity contribution in [1.82, 2.24) is 24.3 Å². The van der Waals surface area contributed by atoms with E-state index in [0.29, 0.717) is 25.3 Å². The van der Waals surface area contributed by atoms with Gasteiger partial charge in [-0.2, -0.15) is 0 Å². The van der Waals surface area contributed by atoms with E-state index in [1.54, 1.807) is 42.7 Å². The number of aromatic nitrogens is 4. The van der Waals surface area contributed by atoms with Gasteiger partial charge < -0.3 is 14.7 Å². The van der Waals surface area contributed by atoms with Crippen molar-refractivity contribution < 1.29 is 14.0 Å². The predicted molar refractivity (Wildman–Crippen MR) is 137 cm³/mol. The molecule has 10 heteroatoms. The van der Waals surface area contributed by atoms with Gasteiger partial charge in [0.25, 0.3) is 5.91 Å². The second-order valence-electron chi connectivity index (χ2n) is 9.38. The fourth-order valence-electron chi connectivity index (χ4n) is 5.10. The summed E-state index contributed by atoms with van der Waals surface area (Å²) < 4.78 is 15.6. The number of benzene rings is 1. The number of anilines is 2. The van der Waals surface area contributed by atoms with Crippen LogP contribution < -0.4 is 9.80 Å². The van der Waals surface area contributed by atoms with Gasteiger partial charge in [0.1, 0.15) is 17.3 Å². The monoisotopic (exact) mass is 499 g/mol. The van der Waals surface area contributed by atoms with Crippen LogP contribution in [-0.2, 0) is 11.2 Å². The van der Waals surface area contributed by atoms with Crippen LogP contribution >= 0.6 is 0 Å². The van der Waals surface area contributed by atoms with Crippen molar-refractivity contribution in [2.45, 2.75) is 19.8 Å². The van der Waals surface area contributed by atoms with Crippen molar-refractivity contribution >= 4 is 29.0 Å². The zero-order chi connectivity index (χ0) is 25.5. The SMILES string of the molecule is CC(=O)N1CCN(c2ccc(-c3cnc4cnc(C(=O)N5CCCc6cc(F)ccc65)cn34)cn2)CC1. The van der Waals surface area contributed by atoms with Gasteiger partial charge in [0, 0.05) is 63.3 Å². The maximum absolute atomic E-state index is 13.7. The second-order valence-corrected chi connectivity index (χ2v) is 9.38. The number of pyridine rings is 1. The van der Waals surface area contributed by atoms with Crippen molar-refractivity contribution in [3.63, 3.8) is 0 Å². The van der Waals surface area contributed by atoms with Crippen LogP contribution in [0.2, 0.25) is 0 Å². The molecule has 3 aromatic heterocycles. The first-order valence-corrected chi connectivity index (χ1v) is 12.4. The molecule has 2 aliphatic heterocycles. The smallest absolute Gasteiger partial charge is 0.278 e. The van der Waals surface area contributed by atoms with E-state index in [1.165, 1.54) is 12.1 Å².